The summed E-state index contributed by atoms with van der Waals surface area (Å²) >= 11 is 5.11. The van der Waals surface area contributed by atoms with Crippen molar-refractivity contribution in [2.45, 2.75) is 25.3 Å². The van der Waals surface area contributed by atoms with E-state index >= 15 is 0 Å². The van der Waals surface area contributed by atoms with E-state index in [-0.39, 0.29) is 11.7 Å². The molecule has 0 fully saturated rings. The maximum atomic E-state index is 13.7. The van der Waals surface area contributed by atoms with Crippen molar-refractivity contribution in [2.24, 2.45) is 0 Å². The zero-order valence-corrected chi connectivity index (χ0v) is 12.8. The largest absolute Gasteiger partial charge is 0.376 e. The standard InChI is InChI=1S/C14H11BrF3NS/c15-14-4-7-11(2-1-3-13(7)20-14)19-12-6-9(17)8(16)5-10(12)18/h4-6,11,19H,1-3H2. The Morgan fingerprint density at radius 1 is 1.10 bits per heavy atom. The molecule has 0 spiro atoms. The summed E-state index contributed by atoms with van der Waals surface area (Å²) in [7, 11) is 0. The maximum absolute atomic E-state index is 13.7. The fraction of sp³-hybridized carbons (Fsp3) is 0.286. The second-order valence-corrected chi connectivity index (χ2v) is 7.28. The minimum absolute atomic E-state index is 0.00377. The molecule has 3 rings (SSSR count). The Balaban J connectivity index is 1.91. The number of aryl methyl sites for hydroxylation is 1. The van der Waals surface area contributed by atoms with Crippen LogP contribution in [0.3, 0.4) is 0 Å². The van der Waals surface area contributed by atoms with Crippen molar-refractivity contribution in [1.29, 1.82) is 0 Å². The van der Waals surface area contributed by atoms with E-state index in [0.29, 0.717) is 6.07 Å². The molecule has 0 radical (unpaired) electrons. The van der Waals surface area contributed by atoms with Crippen LogP contribution >= 0.6 is 27.3 Å². The summed E-state index contributed by atoms with van der Waals surface area (Å²) in [6, 6.07) is 3.39. The van der Waals surface area contributed by atoms with Crippen LogP contribution in [-0.2, 0) is 6.42 Å². The molecular weight excluding hydrogens is 351 g/mol. The lowest BCUT2D eigenvalue weighted by Crippen LogP contribution is -2.16. The monoisotopic (exact) mass is 361 g/mol. The van der Waals surface area contributed by atoms with Gasteiger partial charge in [0.1, 0.15) is 5.82 Å². The van der Waals surface area contributed by atoms with Gasteiger partial charge in [-0.15, -0.1) is 11.3 Å². The van der Waals surface area contributed by atoms with Crippen molar-refractivity contribution in [1.82, 2.24) is 0 Å². The first-order valence-corrected chi connectivity index (χ1v) is 7.84. The highest BCUT2D eigenvalue weighted by Crippen LogP contribution is 2.39. The Kier molecular flexibility index (Phi) is 3.77. The highest BCUT2D eigenvalue weighted by atomic mass is 79.9. The number of halogens is 4. The summed E-state index contributed by atoms with van der Waals surface area (Å²) in [5.41, 5.74) is 1.11. The summed E-state index contributed by atoms with van der Waals surface area (Å²) in [5.74, 6) is -2.99. The van der Waals surface area contributed by atoms with E-state index in [1.54, 1.807) is 11.3 Å². The minimum atomic E-state index is -1.17. The highest BCUT2D eigenvalue weighted by Gasteiger charge is 2.23. The second-order valence-electron chi connectivity index (χ2n) is 4.76. The van der Waals surface area contributed by atoms with Crippen molar-refractivity contribution < 1.29 is 13.2 Å². The van der Waals surface area contributed by atoms with Gasteiger partial charge in [0.25, 0.3) is 0 Å². The van der Waals surface area contributed by atoms with Gasteiger partial charge < -0.3 is 5.32 Å². The highest BCUT2D eigenvalue weighted by molar-refractivity contribution is 9.11. The lowest BCUT2D eigenvalue weighted by molar-refractivity contribution is 0.494. The second kappa shape index (κ2) is 5.41. The van der Waals surface area contributed by atoms with Crippen LogP contribution in [0, 0.1) is 17.5 Å². The van der Waals surface area contributed by atoms with Gasteiger partial charge in [-0.1, -0.05) is 0 Å². The zero-order chi connectivity index (χ0) is 14.3. The number of thiophene rings is 1. The molecule has 0 bridgehead atoms. The summed E-state index contributed by atoms with van der Waals surface area (Å²) in [5, 5.41) is 2.99. The van der Waals surface area contributed by atoms with Gasteiger partial charge in [0, 0.05) is 17.0 Å². The number of rotatable bonds is 2. The van der Waals surface area contributed by atoms with Crippen LogP contribution in [0.25, 0.3) is 0 Å². The van der Waals surface area contributed by atoms with Gasteiger partial charge in [0.2, 0.25) is 0 Å². The lowest BCUT2D eigenvalue weighted by atomic mass is 9.94. The predicted octanol–water partition coefficient (Wildman–Crippen LogP) is 5.42. The summed E-state index contributed by atoms with van der Waals surface area (Å²) < 4.78 is 40.9. The van der Waals surface area contributed by atoms with Gasteiger partial charge >= 0.3 is 0 Å². The molecule has 0 saturated heterocycles. The van der Waals surface area contributed by atoms with E-state index in [9.17, 15) is 13.2 Å². The third-order valence-corrected chi connectivity index (χ3v) is 5.14. The number of hydrogen-bond donors (Lipinski definition) is 1. The topological polar surface area (TPSA) is 12.0 Å². The molecule has 20 heavy (non-hydrogen) atoms. The van der Waals surface area contributed by atoms with E-state index in [0.717, 1.165) is 34.7 Å². The summed E-state index contributed by atoms with van der Waals surface area (Å²) in [6.07, 6.45) is 2.83. The van der Waals surface area contributed by atoms with Crippen molar-refractivity contribution in [3.8, 4) is 0 Å². The number of fused-ring (bicyclic) bond motifs is 1. The third-order valence-electron chi connectivity index (χ3n) is 3.42. The average Bonchev–Trinajstić information content (AvgIpc) is 2.77. The van der Waals surface area contributed by atoms with Gasteiger partial charge in [0.15, 0.2) is 11.6 Å². The molecule has 0 amide bonds. The molecule has 1 N–H and O–H groups in total. The van der Waals surface area contributed by atoms with Crippen LogP contribution in [0.15, 0.2) is 22.0 Å². The van der Waals surface area contributed by atoms with E-state index in [1.807, 2.05) is 6.07 Å². The molecular formula is C14H11BrF3NS. The van der Waals surface area contributed by atoms with E-state index in [4.69, 9.17) is 0 Å². The first kappa shape index (κ1) is 13.9. The Hall–Kier alpha value is -1.01. The van der Waals surface area contributed by atoms with Gasteiger partial charge in [-0.3, -0.25) is 0 Å². The van der Waals surface area contributed by atoms with Gasteiger partial charge in [-0.2, -0.15) is 0 Å². The molecule has 1 aromatic heterocycles. The predicted molar refractivity (Wildman–Crippen MR) is 77.6 cm³/mol. The van der Waals surface area contributed by atoms with Crippen LogP contribution in [-0.4, -0.2) is 0 Å². The van der Waals surface area contributed by atoms with E-state index in [2.05, 4.69) is 21.2 Å². The number of hydrogen-bond acceptors (Lipinski definition) is 2. The summed E-state index contributed by atoms with van der Waals surface area (Å²) in [6.45, 7) is 0. The van der Waals surface area contributed by atoms with Gasteiger partial charge in [-0.05, 0) is 46.8 Å². The Labute approximate surface area is 126 Å². The molecule has 0 aliphatic heterocycles. The molecule has 1 nitrogen and oxygen atoms in total. The summed E-state index contributed by atoms with van der Waals surface area (Å²) in [4.78, 5) is 1.25. The normalized spacial score (nSPS) is 17.9. The molecule has 2 aromatic rings. The van der Waals surface area contributed by atoms with E-state index in [1.165, 1.54) is 4.88 Å². The van der Waals surface area contributed by atoms with Crippen molar-refractivity contribution in [3.63, 3.8) is 0 Å². The fourth-order valence-electron chi connectivity index (χ4n) is 2.49. The van der Waals surface area contributed by atoms with Crippen LogP contribution in [0.5, 0.6) is 0 Å². The van der Waals surface area contributed by atoms with Crippen LogP contribution < -0.4 is 5.32 Å². The van der Waals surface area contributed by atoms with Crippen LogP contribution in [0.1, 0.15) is 29.3 Å². The van der Waals surface area contributed by atoms with Crippen molar-refractivity contribution >= 4 is 33.0 Å². The maximum Gasteiger partial charge on any atom is 0.161 e. The Morgan fingerprint density at radius 3 is 2.65 bits per heavy atom. The first-order valence-electron chi connectivity index (χ1n) is 6.24. The minimum Gasteiger partial charge on any atom is -0.376 e. The molecule has 106 valence electrons. The molecule has 1 atom stereocenters. The van der Waals surface area contributed by atoms with Crippen LogP contribution in [0.2, 0.25) is 0 Å². The number of benzene rings is 1. The molecule has 1 heterocycles. The molecule has 1 aliphatic carbocycles. The quantitative estimate of drug-likeness (QED) is 0.704. The number of anilines is 1. The van der Waals surface area contributed by atoms with Gasteiger partial charge in [-0.25, -0.2) is 13.2 Å². The van der Waals surface area contributed by atoms with Crippen molar-refractivity contribution in [2.75, 3.05) is 5.32 Å². The SMILES string of the molecule is Fc1cc(F)c(NC2CCCc3sc(Br)cc32)cc1F. The van der Waals surface area contributed by atoms with Crippen molar-refractivity contribution in [3.05, 3.63) is 49.9 Å². The molecule has 1 aromatic carbocycles. The smallest absolute Gasteiger partial charge is 0.161 e. The lowest BCUT2D eigenvalue weighted by Gasteiger charge is -2.24. The van der Waals surface area contributed by atoms with Gasteiger partial charge in [0.05, 0.1) is 15.5 Å². The molecule has 1 unspecified atom stereocenters. The third kappa shape index (κ3) is 2.59. The van der Waals surface area contributed by atoms with Crippen LogP contribution in [0.4, 0.5) is 18.9 Å². The zero-order valence-electron chi connectivity index (χ0n) is 10.4. The Morgan fingerprint density at radius 2 is 1.85 bits per heavy atom. The fourth-order valence-corrected chi connectivity index (χ4v) is 4.31. The van der Waals surface area contributed by atoms with E-state index < -0.39 is 17.5 Å². The number of nitrogens with one attached hydrogen (secondary N) is 1. The average molecular weight is 362 g/mol. The first-order chi connectivity index (χ1) is 9.54. The Bertz CT molecular complexity index is 656. The molecule has 0 saturated carbocycles. The molecule has 6 heteroatoms. The molecule has 1 aliphatic rings.